The Balaban J connectivity index is 2.56. The summed E-state index contributed by atoms with van der Waals surface area (Å²) in [6.07, 6.45) is -4.73. The molecule has 0 unspecified atom stereocenters. The highest BCUT2D eigenvalue weighted by Crippen LogP contribution is 2.24. The number of hydrogen-bond acceptors (Lipinski definition) is 4. The summed E-state index contributed by atoms with van der Waals surface area (Å²) in [5.41, 5.74) is -1.40. The van der Waals surface area contributed by atoms with Crippen LogP contribution in [0, 0.1) is 0 Å². The number of aliphatic hydroxyl groups is 2. The van der Waals surface area contributed by atoms with E-state index in [1.54, 1.807) is 0 Å². The van der Waals surface area contributed by atoms with Crippen molar-refractivity contribution in [1.82, 2.24) is 0 Å². The average Bonchev–Trinajstić information content (AvgIpc) is 2.26. The van der Waals surface area contributed by atoms with Gasteiger partial charge in [0.15, 0.2) is 0 Å². The highest BCUT2D eigenvalue weighted by molar-refractivity contribution is 5.31. The first-order chi connectivity index (χ1) is 8.22. The van der Waals surface area contributed by atoms with Crippen molar-refractivity contribution in [3.05, 3.63) is 24.3 Å². The molecular weight excluding hydrogens is 253 g/mol. The summed E-state index contributed by atoms with van der Waals surface area (Å²) in [5, 5.41) is 18.2. The molecule has 0 heterocycles. The van der Waals surface area contributed by atoms with Crippen LogP contribution in [0.5, 0.6) is 11.5 Å². The van der Waals surface area contributed by atoms with Gasteiger partial charge in [0.25, 0.3) is 0 Å². The fourth-order valence-electron chi connectivity index (χ4n) is 1.02. The Hall–Kier alpha value is -1.47. The average molecular weight is 266 g/mol. The molecule has 0 saturated heterocycles. The van der Waals surface area contributed by atoms with Crippen molar-refractivity contribution in [2.45, 2.75) is 18.9 Å². The molecule has 0 fully saturated rings. The first-order valence-corrected chi connectivity index (χ1v) is 5.04. The van der Waals surface area contributed by atoms with Gasteiger partial charge in [0.2, 0.25) is 0 Å². The topological polar surface area (TPSA) is 58.9 Å². The van der Waals surface area contributed by atoms with E-state index >= 15 is 0 Å². The van der Waals surface area contributed by atoms with Crippen LogP contribution in [0.4, 0.5) is 13.2 Å². The predicted octanol–water partition coefficient (Wildman–Crippen LogP) is 1.71. The van der Waals surface area contributed by atoms with Gasteiger partial charge in [-0.15, -0.1) is 13.2 Å². The van der Waals surface area contributed by atoms with Gasteiger partial charge in [-0.3, -0.25) is 0 Å². The van der Waals surface area contributed by atoms with Crippen molar-refractivity contribution in [3.63, 3.8) is 0 Å². The molecule has 7 heteroatoms. The quantitative estimate of drug-likeness (QED) is 0.851. The van der Waals surface area contributed by atoms with Gasteiger partial charge in [0, 0.05) is 0 Å². The molecule has 0 bridgehead atoms. The van der Waals surface area contributed by atoms with Crippen LogP contribution in [0.15, 0.2) is 24.3 Å². The predicted molar refractivity (Wildman–Crippen MR) is 56.3 cm³/mol. The van der Waals surface area contributed by atoms with Gasteiger partial charge in [-0.05, 0) is 31.2 Å². The lowest BCUT2D eigenvalue weighted by Crippen LogP contribution is -2.36. The number of rotatable bonds is 5. The molecule has 102 valence electrons. The molecule has 18 heavy (non-hydrogen) atoms. The van der Waals surface area contributed by atoms with Crippen LogP contribution < -0.4 is 9.47 Å². The zero-order valence-electron chi connectivity index (χ0n) is 9.57. The lowest BCUT2D eigenvalue weighted by molar-refractivity contribution is -0.274. The second-order valence-electron chi connectivity index (χ2n) is 3.96. The highest BCUT2D eigenvalue weighted by Gasteiger charge is 2.31. The van der Waals surface area contributed by atoms with E-state index in [1.165, 1.54) is 19.1 Å². The summed E-state index contributed by atoms with van der Waals surface area (Å²) in [6, 6.07) is 4.73. The number of hydrogen-bond donors (Lipinski definition) is 2. The second-order valence-corrected chi connectivity index (χ2v) is 3.96. The zero-order valence-corrected chi connectivity index (χ0v) is 9.57. The van der Waals surface area contributed by atoms with Crippen molar-refractivity contribution in [3.8, 4) is 11.5 Å². The molecule has 4 nitrogen and oxygen atoms in total. The fourth-order valence-corrected chi connectivity index (χ4v) is 1.02. The summed E-state index contributed by atoms with van der Waals surface area (Å²) in [7, 11) is 0. The lowest BCUT2D eigenvalue weighted by Gasteiger charge is -2.20. The maximum absolute atomic E-state index is 11.9. The summed E-state index contributed by atoms with van der Waals surface area (Å²) < 4.78 is 44.4. The van der Waals surface area contributed by atoms with E-state index in [1.807, 2.05) is 0 Å². The molecule has 1 rings (SSSR count). The molecule has 0 spiro atoms. The third kappa shape index (κ3) is 5.24. The Kier molecular flexibility index (Phi) is 4.42. The van der Waals surface area contributed by atoms with E-state index in [2.05, 4.69) is 4.74 Å². The maximum Gasteiger partial charge on any atom is 0.573 e. The third-order valence-corrected chi connectivity index (χ3v) is 1.95. The van der Waals surface area contributed by atoms with Crippen molar-refractivity contribution < 1.29 is 32.9 Å². The van der Waals surface area contributed by atoms with E-state index in [0.29, 0.717) is 0 Å². The van der Waals surface area contributed by atoms with Crippen molar-refractivity contribution in [2.75, 3.05) is 13.2 Å². The number of aliphatic hydroxyl groups excluding tert-OH is 1. The minimum atomic E-state index is -4.73. The normalized spacial score (nSPS) is 15.0. The van der Waals surface area contributed by atoms with Gasteiger partial charge in [-0.1, -0.05) is 0 Å². The number of ether oxygens (including phenoxy) is 2. The number of alkyl halides is 3. The van der Waals surface area contributed by atoms with Crippen LogP contribution in [0.3, 0.4) is 0 Å². The monoisotopic (exact) mass is 266 g/mol. The van der Waals surface area contributed by atoms with E-state index in [9.17, 15) is 18.3 Å². The molecule has 1 aromatic carbocycles. The molecule has 1 atom stereocenters. The Morgan fingerprint density at radius 3 is 2.06 bits per heavy atom. The minimum absolute atomic E-state index is 0.178. The van der Waals surface area contributed by atoms with Gasteiger partial charge in [0.05, 0.1) is 6.61 Å². The van der Waals surface area contributed by atoms with Gasteiger partial charge >= 0.3 is 6.36 Å². The molecule has 0 aliphatic heterocycles. The largest absolute Gasteiger partial charge is 0.573 e. The second kappa shape index (κ2) is 5.45. The van der Waals surface area contributed by atoms with Crippen LogP contribution in [0.25, 0.3) is 0 Å². The molecule has 2 N–H and O–H groups in total. The molecule has 0 saturated carbocycles. The van der Waals surface area contributed by atoms with E-state index in [0.717, 1.165) is 12.1 Å². The Morgan fingerprint density at radius 1 is 1.11 bits per heavy atom. The summed E-state index contributed by atoms with van der Waals surface area (Å²) in [5.74, 6) is -0.0954. The van der Waals surface area contributed by atoms with Crippen molar-refractivity contribution >= 4 is 0 Å². The van der Waals surface area contributed by atoms with Gasteiger partial charge in [-0.2, -0.15) is 0 Å². The lowest BCUT2D eigenvalue weighted by atomic mass is 10.1. The van der Waals surface area contributed by atoms with Crippen LogP contribution in [-0.4, -0.2) is 35.4 Å². The molecule has 0 aliphatic carbocycles. The molecule has 0 aliphatic rings. The fraction of sp³-hybridized carbons (Fsp3) is 0.455. The van der Waals surface area contributed by atoms with Crippen LogP contribution in [-0.2, 0) is 0 Å². The molecule has 0 amide bonds. The number of benzene rings is 1. The standard InChI is InChI=1S/C11H13F3O4/c1-10(16,6-15)7-17-8-2-4-9(5-3-8)18-11(12,13)14/h2-5,15-16H,6-7H2,1H3/t10-/m0/s1. The van der Waals surface area contributed by atoms with Gasteiger partial charge < -0.3 is 19.7 Å². The van der Waals surface area contributed by atoms with Gasteiger partial charge in [0.1, 0.15) is 23.7 Å². The maximum atomic E-state index is 11.9. The zero-order chi connectivity index (χ0) is 13.8. The van der Waals surface area contributed by atoms with E-state index in [-0.39, 0.29) is 18.1 Å². The Labute approximate surface area is 102 Å². The third-order valence-electron chi connectivity index (χ3n) is 1.95. The van der Waals surface area contributed by atoms with E-state index < -0.39 is 18.6 Å². The van der Waals surface area contributed by atoms with Crippen molar-refractivity contribution in [1.29, 1.82) is 0 Å². The highest BCUT2D eigenvalue weighted by atomic mass is 19.4. The van der Waals surface area contributed by atoms with E-state index in [4.69, 9.17) is 9.84 Å². The first-order valence-electron chi connectivity index (χ1n) is 5.04. The summed E-state index contributed by atoms with van der Waals surface area (Å²) in [6.45, 7) is 0.708. The smallest absolute Gasteiger partial charge is 0.491 e. The van der Waals surface area contributed by atoms with Crippen LogP contribution >= 0.6 is 0 Å². The SMILES string of the molecule is C[C@](O)(CO)COc1ccc(OC(F)(F)F)cc1. The number of halogens is 3. The molecule has 1 aromatic rings. The Bertz CT molecular complexity index is 373. The molecular formula is C11H13F3O4. The van der Waals surface area contributed by atoms with Crippen LogP contribution in [0.2, 0.25) is 0 Å². The first kappa shape index (κ1) is 14.6. The molecule has 0 radical (unpaired) electrons. The van der Waals surface area contributed by atoms with Crippen molar-refractivity contribution in [2.24, 2.45) is 0 Å². The van der Waals surface area contributed by atoms with Gasteiger partial charge in [-0.25, -0.2) is 0 Å². The van der Waals surface area contributed by atoms with Crippen LogP contribution in [0.1, 0.15) is 6.92 Å². The Morgan fingerprint density at radius 2 is 1.61 bits per heavy atom. The molecule has 0 aromatic heterocycles. The summed E-state index contributed by atoms with van der Waals surface area (Å²) >= 11 is 0. The summed E-state index contributed by atoms with van der Waals surface area (Å²) in [4.78, 5) is 0. The minimum Gasteiger partial charge on any atom is -0.491 e.